The molecule has 0 aromatic carbocycles. The van der Waals surface area contributed by atoms with Crippen LogP contribution in [0.25, 0.3) is 0 Å². The molecule has 0 bridgehead atoms. The third-order valence-electron chi connectivity index (χ3n) is 3.18. The van der Waals surface area contributed by atoms with E-state index in [1.54, 1.807) is 0 Å². The average molecular weight is 277 g/mol. The maximum atomic E-state index is 3.61. The number of halogens is 1. The lowest BCUT2D eigenvalue weighted by Gasteiger charge is -2.34. The third-order valence-corrected chi connectivity index (χ3v) is 4.70. The number of hydrogen-bond donors (Lipinski definition) is 0. The van der Waals surface area contributed by atoms with Crippen LogP contribution in [0.15, 0.2) is 0 Å². The Balaban J connectivity index is 2.53. The minimum Gasteiger partial charge on any atom is -0.305 e. The van der Waals surface area contributed by atoms with Gasteiger partial charge < -0.3 is 4.90 Å². The fourth-order valence-electron chi connectivity index (χ4n) is 2.25. The van der Waals surface area contributed by atoms with Gasteiger partial charge in [0.2, 0.25) is 0 Å². The molecule has 0 spiro atoms. The van der Waals surface area contributed by atoms with Crippen LogP contribution < -0.4 is 0 Å². The van der Waals surface area contributed by atoms with E-state index in [0.717, 1.165) is 5.33 Å². The molecule has 0 amide bonds. The van der Waals surface area contributed by atoms with Crippen LogP contribution in [0.4, 0.5) is 0 Å². The molecule has 0 radical (unpaired) electrons. The molecule has 0 aromatic heterocycles. The second kappa shape index (κ2) is 5.65. The molecule has 1 atom stereocenters. The topological polar surface area (TPSA) is 6.48 Å². The van der Waals surface area contributed by atoms with E-state index in [1.807, 2.05) is 0 Å². The largest absolute Gasteiger partial charge is 0.305 e. The molecular formula is C12H25BrN2. The van der Waals surface area contributed by atoms with Crippen LogP contribution in [0.1, 0.15) is 27.2 Å². The minimum atomic E-state index is 0.386. The molecule has 1 unspecified atom stereocenters. The van der Waals surface area contributed by atoms with Crippen molar-refractivity contribution < 1.29 is 0 Å². The molecule has 0 saturated carbocycles. The Morgan fingerprint density at radius 2 is 2.00 bits per heavy atom. The first kappa shape index (κ1) is 13.5. The highest BCUT2D eigenvalue weighted by molar-refractivity contribution is 9.09. The Morgan fingerprint density at radius 1 is 1.33 bits per heavy atom. The van der Waals surface area contributed by atoms with E-state index in [9.17, 15) is 0 Å². The van der Waals surface area contributed by atoms with Crippen molar-refractivity contribution >= 4 is 15.9 Å². The number of likely N-dealkylation sites (N-methyl/N-ethyl adjacent to an activating group) is 1. The van der Waals surface area contributed by atoms with Crippen LogP contribution in [0.2, 0.25) is 0 Å². The van der Waals surface area contributed by atoms with E-state index in [1.165, 1.54) is 32.6 Å². The summed E-state index contributed by atoms with van der Waals surface area (Å²) in [6, 6.07) is 0.691. The molecule has 1 saturated heterocycles. The van der Waals surface area contributed by atoms with Gasteiger partial charge in [-0.05, 0) is 38.9 Å². The smallest absolute Gasteiger partial charge is 0.0195 e. The molecule has 1 rings (SSSR count). The summed E-state index contributed by atoms with van der Waals surface area (Å²) in [4.78, 5) is 5.09. The molecule has 1 aliphatic heterocycles. The van der Waals surface area contributed by atoms with Gasteiger partial charge in [-0.15, -0.1) is 0 Å². The van der Waals surface area contributed by atoms with Crippen LogP contribution >= 0.6 is 15.9 Å². The lowest BCUT2D eigenvalue weighted by Crippen LogP contribution is -2.43. The first-order valence-corrected chi connectivity index (χ1v) is 7.05. The predicted octanol–water partition coefficient (Wildman–Crippen LogP) is 2.43. The predicted molar refractivity (Wildman–Crippen MR) is 70.7 cm³/mol. The fourth-order valence-corrected chi connectivity index (χ4v) is 2.43. The van der Waals surface area contributed by atoms with Crippen molar-refractivity contribution in [3.05, 3.63) is 0 Å². The Morgan fingerprint density at radius 3 is 2.60 bits per heavy atom. The second-order valence-electron chi connectivity index (χ2n) is 5.73. The molecular weight excluding hydrogens is 252 g/mol. The summed E-state index contributed by atoms with van der Waals surface area (Å²) in [7, 11) is 2.23. The normalized spacial score (nSPS) is 26.6. The van der Waals surface area contributed by atoms with Crippen LogP contribution in [0.3, 0.4) is 0 Å². The first-order valence-electron chi connectivity index (χ1n) is 5.93. The highest BCUT2D eigenvalue weighted by Gasteiger charge is 2.25. The van der Waals surface area contributed by atoms with Gasteiger partial charge in [-0.1, -0.05) is 29.8 Å². The molecule has 3 heteroatoms. The van der Waals surface area contributed by atoms with Crippen LogP contribution in [0, 0.1) is 5.41 Å². The number of hydrogen-bond acceptors (Lipinski definition) is 2. The zero-order valence-corrected chi connectivity index (χ0v) is 12.2. The van der Waals surface area contributed by atoms with Crippen LogP contribution in [0.5, 0.6) is 0 Å². The van der Waals surface area contributed by atoms with Gasteiger partial charge in [-0.2, -0.15) is 0 Å². The van der Waals surface area contributed by atoms with Gasteiger partial charge in [0.25, 0.3) is 0 Å². The van der Waals surface area contributed by atoms with Gasteiger partial charge in [0.05, 0.1) is 0 Å². The molecule has 90 valence electrons. The SMILES string of the molecule is CC1CN(C)CCCN1CC(C)(C)CBr. The summed E-state index contributed by atoms with van der Waals surface area (Å²) in [5.74, 6) is 0. The van der Waals surface area contributed by atoms with Crippen LogP contribution in [-0.2, 0) is 0 Å². The van der Waals surface area contributed by atoms with E-state index < -0.39 is 0 Å². The van der Waals surface area contributed by atoms with E-state index in [4.69, 9.17) is 0 Å². The van der Waals surface area contributed by atoms with Crippen LogP contribution in [-0.4, -0.2) is 54.4 Å². The van der Waals surface area contributed by atoms with Crippen molar-refractivity contribution in [3.8, 4) is 0 Å². The average Bonchev–Trinajstić information content (AvgIpc) is 2.29. The molecule has 2 nitrogen and oxygen atoms in total. The lowest BCUT2D eigenvalue weighted by molar-refractivity contribution is 0.149. The Bertz CT molecular complexity index is 194. The standard InChI is InChI=1S/C12H25BrN2/c1-11-8-14(4)6-5-7-15(11)10-12(2,3)9-13/h11H,5-10H2,1-4H3. The van der Waals surface area contributed by atoms with Crippen molar-refractivity contribution in [2.24, 2.45) is 5.41 Å². The van der Waals surface area contributed by atoms with Gasteiger partial charge in [0.1, 0.15) is 0 Å². The molecule has 0 N–H and O–H groups in total. The first-order chi connectivity index (χ1) is 6.94. The summed E-state index contributed by atoms with van der Waals surface area (Å²) in [6.07, 6.45) is 1.30. The minimum absolute atomic E-state index is 0.386. The molecule has 1 aliphatic rings. The van der Waals surface area contributed by atoms with Gasteiger partial charge in [0.15, 0.2) is 0 Å². The Labute approximate surface area is 103 Å². The lowest BCUT2D eigenvalue weighted by atomic mass is 9.95. The van der Waals surface area contributed by atoms with Gasteiger partial charge >= 0.3 is 0 Å². The highest BCUT2D eigenvalue weighted by Crippen LogP contribution is 2.22. The maximum Gasteiger partial charge on any atom is 0.0195 e. The van der Waals surface area contributed by atoms with Crippen molar-refractivity contribution in [3.63, 3.8) is 0 Å². The summed E-state index contributed by atoms with van der Waals surface area (Å²) >= 11 is 3.61. The molecule has 0 aromatic rings. The quantitative estimate of drug-likeness (QED) is 0.731. The summed E-state index contributed by atoms with van der Waals surface area (Å²) in [5.41, 5.74) is 0.386. The third kappa shape index (κ3) is 4.41. The highest BCUT2D eigenvalue weighted by atomic mass is 79.9. The molecule has 0 aliphatic carbocycles. The molecule has 1 heterocycles. The Hall–Kier alpha value is 0.400. The zero-order chi connectivity index (χ0) is 11.5. The monoisotopic (exact) mass is 276 g/mol. The fraction of sp³-hybridized carbons (Fsp3) is 1.00. The Kier molecular flexibility index (Phi) is 5.07. The summed E-state index contributed by atoms with van der Waals surface area (Å²) in [6.45, 7) is 11.9. The van der Waals surface area contributed by atoms with Crippen molar-refractivity contribution in [2.75, 3.05) is 38.6 Å². The van der Waals surface area contributed by atoms with Crippen molar-refractivity contribution in [1.29, 1.82) is 0 Å². The van der Waals surface area contributed by atoms with Gasteiger partial charge in [0, 0.05) is 24.5 Å². The van der Waals surface area contributed by atoms with Gasteiger partial charge in [-0.25, -0.2) is 0 Å². The molecule has 15 heavy (non-hydrogen) atoms. The maximum absolute atomic E-state index is 3.61. The van der Waals surface area contributed by atoms with Crippen molar-refractivity contribution in [1.82, 2.24) is 9.80 Å². The van der Waals surface area contributed by atoms with Crippen molar-refractivity contribution in [2.45, 2.75) is 33.2 Å². The molecule has 1 fully saturated rings. The second-order valence-corrected chi connectivity index (χ2v) is 6.29. The number of nitrogens with zero attached hydrogens (tertiary/aromatic N) is 2. The van der Waals surface area contributed by atoms with E-state index in [2.05, 4.69) is 53.5 Å². The zero-order valence-electron chi connectivity index (χ0n) is 10.6. The summed E-state index contributed by atoms with van der Waals surface area (Å²) in [5, 5.41) is 1.08. The van der Waals surface area contributed by atoms with E-state index >= 15 is 0 Å². The summed E-state index contributed by atoms with van der Waals surface area (Å²) < 4.78 is 0. The number of rotatable bonds is 3. The van der Waals surface area contributed by atoms with E-state index in [0.29, 0.717) is 11.5 Å². The number of alkyl halides is 1. The van der Waals surface area contributed by atoms with E-state index in [-0.39, 0.29) is 0 Å². The van der Waals surface area contributed by atoms with Gasteiger partial charge in [-0.3, -0.25) is 4.90 Å².